The number of nitrogens with zero attached hydrogens (tertiary/aromatic N) is 3. The molecule has 0 aromatic carbocycles. The number of aromatic nitrogens is 3. The van der Waals surface area contributed by atoms with Crippen molar-refractivity contribution in [2.75, 3.05) is 0 Å². The van der Waals surface area contributed by atoms with Crippen molar-refractivity contribution in [3.63, 3.8) is 0 Å². The molecule has 2 aromatic rings. The lowest BCUT2D eigenvalue weighted by atomic mass is 10.4. The van der Waals surface area contributed by atoms with Crippen molar-refractivity contribution < 1.29 is 0 Å². The smallest absolute Gasteiger partial charge is 0.267 e. The number of pyridine rings is 1. The molecule has 2 rings (SSSR count). The van der Waals surface area contributed by atoms with Crippen molar-refractivity contribution in [1.82, 2.24) is 14.8 Å². The van der Waals surface area contributed by atoms with Gasteiger partial charge in [0.2, 0.25) is 0 Å². The van der Waals surface area contributed by atoms with Crippen molar-refractivity contribution in [2.24, 2.45) is 0 Å². The lowest BCUT2D eigenvalue weighted by Crippen LogP contribution is -2.19. The van der Waals surface area contributed by atoms with Gasteiger partial charge in [-0.1, -0.05) is 0 Å². The maximum absolute atomic E-state index is 11.5. The molecule has 0 atom stereocenters. The Bertz CT molecular complexity index is 495. The molecule has 0 amide bonds. The monoisotopic (exact) mass is 251 g/mol. The fourth-order valence-electron chi connectivity index (χ4n) is 1.07. The van der Waals surface area contributed by atoms with Gasteiger partial charge in [-0.2, -0.15) is 9.78 Å². The van der Waals surface area contributed by atoms with E-state index in [-0.39, 0.29) is 5.56 Å². The molecule has 0 saturated carbocycles. The molecule has 0 unspecified atom stereocenters. The second-order valence-corrected chi connectivity index (χ2v) is 3.54. The van der Waals surface area contributed by atoms with Crippen LogP contribution in [-0.2, 0) is 0 Å². The van der Waals surface area contributed by atoms with Gasteiger partial charge in [-0.05, 0) is 28.1 Å². The first kappa shape index (κ1) is 9.08. The number of rotatable bonds is 1. The Hall–Kier alpha value is -1.49. The van der Waals surface area contributed by atoms with Crippen LogP contribution in [0.15, 0.2) is 46.1 Å². The Morgan fingerprint density at radius 1 is 1.29 bits per heavy atom. The quantitative estimate of drug-likeness (QED) is 0.770. The van der Waals surface area contributed by atoms with Crippen LogP contribution in [0.2, 0.25) is 0 Å². The SMILES string of the molecule is O=c1cc(Br)cnn1-c1ccncc1. The molecule has 2 aromatic heterocycles. The van der Waals surface area contributed by atoms with Crippen LogP contribution >= 0.6 is 15.9 Å². The maximum atomic E-state index is 11.5. The standard InChI is InChI=1S/C9H6BrN3O/c10-7-5-9(14)13(12-6-7)8-1-3-11-4-2-8/h1-6H. The molecular weight excluding hydrogens is 246 g/mol. The van der Waals surface area contributed by atoms with Crippen LogP contribution in [0.5, 0.6) is 0 Å². The van der Waals surface area contributed by atoms with Crippen LogP contribution in [0.4, 0.5) is 0 Å². The van der Waals surface area contributed by atoms with Gasteiger partial charge in [-0.15, -0.1) is 0 Å². The van der Waals surface area contributed by atoms with Crippen LogP contribution < -0.4 is 5.56 Å². The lowest BCUT2D eigenvalue weighted by Gasteiger charge is -2.02. The highest BCUT2D eigenvalue weighted by Crippen LogP contribution is 2.04. The molecule has 0 fully saturated rings. The van der Waals surface area contributed by atoms with Crippen LogP contribution in [0, 0.1) is 0 Å². The third-order valence-electron chi connectivity index (χ3n) is 1.67. The highest BCUT2D eigenvalue weighted by atomic mass is 79.9. The van der Waals surface area contributed by atoms with E-state index in [0.29, 0.717) is 10.2 Å². The van der Waals surface area contributed by atoms with Gasteiger partial charge >= 0.3 is 0 Å². The molecule has 14 heavy (non-hydrogen) atoms. The third kappa shape index (κ3) is 1.72. The van der Waals surface area contributed by atoms with Gasteiger partial charge in [0, 0.05) is 22.9 Å². The predicted molar refractivity (Wildman–Crippen MR) is 55.3 cm³/mol. The summed E-state index contributed by atoms with van der Waals surface area (Å²) in [6, 6.07) is 4.91. The van der Waals surface area contributed by atoms with Gasteiger partial charge < -0.3 is 0 Å². The van der Waals surface area contributed by atoms with Crippen molar-refractivity contribution in [1.29, 1.82) is 0 Å². The van der Waals surface area contributed by atoms with Crippen molar-refractivity contribution in [2.45, 2.75) is 0 Å². The lowest BCUT2D eigenvalue weighted by molar-refractivity contribution is 0.801. The molecule has 5 heteroatoms. The summed E-state index contributed by atoms with van der Waals surface area (Å²) in [5, 5.41) is 3.98. The molecule has 2 heterocycles. The van der Waals surface area contributed by atoms with E-state index in [1.165, 1.54) is 10.7 Å². The molecular formula is C9H6BrN3O. The van der Waals surface area contributed by atoms with E-state index in [0.717, 1.165) is 0 Å². The molecule has 0 spiro atoms. The zero-order chi connectivity index (χ0) is 9.97. The fourth-order valence-corrected chi connectivity index (χ4v) is 1.35. The summed E-state index contributed by atoms with van der Waals surface area (Å²) in [6.45, 7) is 0. The molecule has 4 nitrogen and oxygen atoms in total. The molecule has 0 N–H and O–H groups in total. The second kappa shape index (κ2) is 3.71. The molecule has 0 saturated heterocycles. The molecule has 0 bridgehead atoms. The van der Waals surface area contributed by atoms with E-state index in [1.807, 2.05) is 0 Å². The Labute approximate surface area is 88.4 Å². The Morgan fingerprint density at radius 3 is 2.64 bits per heavy atom. The average molecular weight is 252 g/mol. The summed E-state index contributed by atoms with van der Waals surface area (Å²) in [4.78, 5) is 15.4. The molecule has 0 radical (unpaired) electrons. The van der Waals surface area contributed by atoms with Gasteiger partial charge in [-0.3, -0.25) is 9.78 Å². The average Bonchev–Trinajstić information content (AvgIpc) is 2.19. The Kier molecular flexibility index (Phi) is 2.41. The van der Waals surface area contributed by atoms with Crippen LogP contribution in [0.25, 0.3) is 5.69 Å². The fraction of sp³-hybridized carbons (Fsp3) is 0. The van der Waals surface area contributed by atoms with Gasteiger partial charge in [-0.25, -0.2) is 0 Å². The third-order valence-corrected chi connectivity index (χ3v) is 2.11. The summed E-state index contributed by atoms with van der Waals surface area (Å²) in [5.41, 5.74) is 0.531. The van der Waals surface area contributed by atoms with Crippen molar-refractivity contribution >= 4 is 15.9 Å². The zero-order valence-corrected chi connectivity index (χ0v) is 8.68. The first-order valence-electron chi connectivity index (χ1n) is 3.92. The van der Waals surface area contributed by atoms with Crippen LogP contribution in [0.3, 0.4) is 0 Å². The molecule has 0 aliphatic rings. The Morgan fingerprint density at radius 2 is 2.00 bits per heavy atom. The Balaban J connectivity index is 2.59. The minimum absolute atomic E-state index is 0.175. The number of hydrogen-bond donors (Lipinski definition) is 0. The number of hydrogen-bond acceptors (Lipinski definition) is 3. The van der Waals surface area contributed by atoms with Crippen molar-refractivity contribution in [3.8, 4) is 5.69 Å². The largest absolute Gasteiger partial charge is 0.272 e. The summed E-state index contributed by atoms with van der Waals surface area (Å²) in [5.74, 6) is 0. The number of halogens is 1. The molecule has 70 valence electrons. The molecule has 0 aliphatic carbocycles. The van der Waals surface area contributed by atoms with Gasteiger partial charge in [0.25, 0.3) is 5.56 Å². The minimum Gasteiger partial charge on any atom is -0.267 e. The van der Waals surface area contributed by atoms with E-state index in [4.69, 9.17) is 0 Å². The van der Waals surface area contributed by atoms with Crippen molar-refractivity contribution in [3.05, 3.63) is 51.6 Å². The van der Waals surface area contributed by atoms with Crippen LogP contribution in [0.1, 0.15) is 0 Å². The van der Waals surface area contributed by atoms with E-state index >= 15 is 0 Å². The summed E-state index contributed by atoms with van der Waals surface area (Å²) in [6.07, 6.45) is 4.80. The first-order chi connectivity index (χ1) is 6.77. The maximum Gasteiger partial charge on any atom is 0.272 e. The summed E-state index contributed by atoms with van der Waals surface area (Å²) in [7, 11) is 0. The normalized spacial score (nSPS) is 10.1. The van der Waals surface area contributed by atoms with Gasteiger partial charge in [0.05, 0.1) is 11.9 Å². The van der Waals surface area contributed by atoms with E-state index in [1.54, 1.807) is 30.7 Å². The zero-order valence-electron chi connectivity index (χ0n) is 7.09. The second-order valence-electron chi connectivity index (χ2n) is 2.63. The van der Waals surface area contributed by atoms with Gasteiger partial charge in [0.1, 0.15) is 0 Å². The predicted octanol–water partition coefficient (Wildman–Crippen LogP) is 1.39. The van der Waals surface area contributed by atoms with E-state index in [2.05, 4.69) is 26.0 Å². The molecule has 0 aliphatic heterocycles. The highest BCUT2D eigenvalue weighted by molar-refractivity contribution is 9.10. The topological polar surface area (TPSA) is 47.8 Å². The van der Waals surface area contributed by atoms with Gasteiger partial charge in [0.15, 0.2) is 0 Å². The van der Waals surface area contributed by atoms with Crippen LogP contribution in [-0.4, -0.2) is 14.8 Å². The first-order valence-corrected chi connectivity index (χ1v) is 4.72. The van der Waals surface area contributed by atoms with E-state index < -0.39 is 0 Å². The highest BCUT2D eigenvalue weighted by Gasteiger charge is 1.99. The summed E-state index contributed by atoms with van der Waals surface area (Å²) < 4.78 is 1.99. The minimum atomic E-state index is -0.175. The van der Waals surface area contributed by atoms with E-state index in [9.17, 15) is 4.79 Å². The summed E-state index contributed by atoms with van der Waals surface area (Å²) >= 11 is 3.18.